The van der Waals surface area contributed by atoms with Crippen molar-refractivity contribution in [3.8, 4) is 0 Å². The molecule has 39 heavy (non-hydrogen) atoms. The van der Waals surface area contributed by atoms with Crippen LogP contribution < -0.4 is 0 Å². The maximum Gasteiger partial charge on any atom is 0.305 e. The Bertz CT molecular complexity index is 1050. The first kappa shape index (κ1) is 30.3. The van der Waals surface area contributed by atoms with Gasteiger partial charge in [0.25, 0.3) is 5.79 Å². The van der Waals surface area contributed by atoms with Crippen molar-refractivity contribution in [3.05, 3.63) is 23.8 Å². The first-order valence-electron chi connectivity index (χ1n) is 14.9. The van der Waals surface area contributed by atoms with Crippen LogP contribution in [0.25, 0.3) is 0 Å². The van der Waals surface area contributed by atoms with Crippen molar-refractivity contribution in [2.45, 2.75) is 118 Å². The maximum atomic E-state index is 12.3. The van der Waals surface area contributed by atoms with Gasteiger partial charge in [0, 0.05) is 32.1 Å². The van der Waals surface area contributed by atoms with Gasteiger partial charge in [-0.3, -0.25) is 9.59 Å². The van der Waals surface area contributed by atoms with Gasteiger partial charge in [-0.2, -0.15) is 0 Å². The molecule has 3 saturated carbocycles. The Morgan fingerprint density at radius 1 is 0.897 bits per heavy atom. The minimum absolute atomic E-state index is 0.0171. The summed E-state index contributed by atoms with van der Waals surface area (Å²) in [6.07, 6.45) is 10.2. The Kier molecular flexibility index (Phi) is 7.75. The number of carbonyl (C=O) groups is 2. The number of fused-ring (bicyclic) bond motifs is 5. The van der Waals surface area contributed by atoms with E-state index in [0.717, 1.165) is 31.3 Å². The molecule has 0 aliphatic heterocycles. The fourth-order valence-corrected chi connectivity index (χ4v) is 8.88. The van der Waals surface area contributed by atoms with Crippen LogP contribution >= 0.6 is 0 Å². The van der Waals surface area contributed by atoms with Crippen LogP contribution in [0.1, 0.15) is 100 Å². The molecular weight excluding hydrogens is 496 g/mol. The van der Waals surface area contributed by atoms with Crippen LogP contribution in [-0.2, 0) is 19.1 Å². The van der Waals surface area contributed by atoms with Gasteiger partial charge in [-0.05, 0) is 79.1 Å². The van der Waals surface area contributed by atoms with Gasteiger partial charge in [0.05, 0.1) is 0 Å². The monoisotopic (exact) mass is 546 g/mol. The molecule has 0 aromatic carbocycles. The van der Waals surface area contributed by atoms with Crippen molar-refractivity contribution in [2.75, 3.05) is 0 Å². The van der Waals surface area contributed by atoms with Crippen LogP contribution in [0, 0.1) is 46.3 Å². The minimum Gasteiger partial charge on any atom is -0.433 e. The van der Waals surface area contributed by atoms with Crippen molar-refractivity contribution in [1.82, 2.24) is 0 Å². The number of esters is 2. The second-order valence-corrected chi connectivity index (χ2v) is 14.1. The number of carbonyl (C=O) groups excluding carboxylic acids is 2. The van der Waals surface area contributed by atoms with Gasteiger partial charge < -0.3 is 24.8 Å². The average molecular weight is 547 g/mol. The van der Waals surface area contributed by atoms with Gasteiger partial charge in [0.1, 0.15) is 5.60 Å². The first-order chi connectivity index (χ1) is 17.9. The summed E-state index contributed by atoms with van der Waals surface area (Å²) in [5.41, 5.74) is -1.86. The van der Waals surface area contributed by atoms with Crippen molar-refractivity contribution < 1.29 is 34.4 Å². The van der Waals surface area contributed by atoms with E-state index in [4.69, 9.17) is 9.47 Å². The number of aliphatic hydroxyl groups is 3. The lowest BCUT2D eigenvalue weighted by atomic mass is 9.44. The van der Waals surface area contributed by atoms with Gasteiger partial charge in [-0.1, -0.05) is 59.3 Å². The summed E-state index contributed by atoms with van der Waals surface area (Å²) in [5.74, 6) is -3.58. The molecule has 0 heterocycles. The molecule has 0 aromatic rings. The Balaban J connectivity index is 1.74. The van der Waals surface area contributed by atoms with E-state index in [9.17, 15) is 24.9 Å². The lowest BCUT2D eigenvalue weighted by molar-refractivity contribution is -0.356. The lowest BCUT2D eigenvalue weighted by Crippen LogP contribution is -2.73. The van der Waals surface area contributed by atoms with Crippen molar-refractivity contribution in [2.24, 2.45) is 46.3 Å². The SMILES string of the molecule is CC(=O)O[C@]1(O)CC[C@]2(C)[C@H]3CC[C@]4(C)[C@@H]([C@H](C)C=C[C@H](C)C(C)C)CC[C@H]4C3=C[C@](O)(OC(C)=O)[C@@]2(O)C1. The minimum atomic E-state index is -2.36. The highest BCUT2D eigenvalue weighted by Gasteiger charge is 2.73. The normalized spacial score (nSPS) is 45.1. The fraction of sp³-hybridized carbons (Fsp3) is 0.812. The third-order valence-electron chi connectivity index (χ3n) is 11.5. The smallest absolute Gasteiger partial charge is 0.305 e. The summed E-state index contributed by atoms with van der Waals surface area (Å²) in [6.45, 7) is 15.8. The van der Waals surface area contributed by atoms with Crippen LogP contribution in [0.5, 0.6) is 0 Å². The van der Waals surface area contributed by atoms with Gasteiger partial charge in [-0.15, -0.1) is 0 Å². The largest absolute Gasteiger partial charge is 0.433 e. The second-order valence-electron chi connectivity index (χ2n) is 14.1. The molecule has 3 N–H and O–H groups in total. The summed E-state index contributed by atoms with van der Waals surface area (Å²) in [5, 5.41) is 35.4. The summed E-state index contributed by atoms with van der Waals surface area (Å²) in [6, 6.07) is 0. The van der Waals surface area contributed by atoms with E-state index in [1.165, 1.54) is 13.8 Å². The molecule has 0 unspecified atom stereocenters. The van der Waals surface area contributed by atoms with E-state index in [1.807, 2.05) is 6.92 Å². The average Bonchev–Trinajstić information content (AvgIpc) is 3.16. The predicted octanol–water partition coefficient (Wildman–Crippen LogP) is 5.28. The molecule has 10 atom stereocenters. The predicted molar refractivity (Wildman–Crippen MR) is 148 cm³/mol. The maximum absolute atomic E-state index is 12.3. The highest BCUT2D eigenvalue weighted by molar-refractivity contribution is 5.67. The van der Waals surface area contributed by atoms with E-state index in [1.54, 1.807) is 6.08 Å². The fourth-order valence-electron chi connectivity index (χ4n) is 8.88. The van der Waals surface area contributed by atoms with Crippen LogP contribution in [0.15, 0.2) is 23.8 Å². The lowest BCUT2D eigenvalue weighted by Gasteiger charge is -2.65. The number of rotatable bonds is 6. The molecule has 0 radical (unpaired) electrons. The molecule has 7 nitrogen and oxygen atoms in total. The second kappa shape index (κ2) is 9.99. The number of hydrogen-bond acceptors (Lipinski definition) is 7. The molecule has 4 rings (SSSR count). The van der Waals surface area contributed by atoms with E-state index >= 15 is 0 Å². The van der Waals surface area contributed by atoms with Crippen LogP contribution in [0.2, 0.25) is 0 Å². The van der Waals surface area contributed by atoms with Crippen molar-refractivity contribution >= 4 is 11.9 Å². The van der Waals surface area contributed by atoms with Crippen molar-refractivity contribution in [1.29, 1.82) is 0 Å². The molecule has 0 amide bonds. The summed E-state index contributed by atoms with van der Waals surface area (Å²) in [4.78, 5) is 24.0. The van der Waals surface area contributed by atoms with Gasteiger partial charge >= 0.3 is 11.9 Å². The van der Waals surface area contributed by atoms with E-state index in [-0.39, 0.29) is 23.7 Å². The third kappa shape index (κ3) is 4.80. The molecule has 0 aromatic heterocycles. The Morgan fingerprint density at radius 2 is 1.54 bits per heavy atom. The molecule has 0 bridgehead atoms. The molecular formula is C32H50O7. The number of allylic oxidation sites excluding steroid dienone is 3. The third-order valence-corrected chi connectivity index (χ3v) is 11.5. The highest BCUT2D eigenvalue weighted by atomic mass is 16.7. The first-order valence-corrected chi connectivity index (χ1v) is 14.9. The Morgan fingerprint density at radius 3 is 2.13 bits per heavy atom. The number of ether oxygens (including phenoxy) is 2. The van der Waals surface area contributed by atoms with E-state index in [2.05, 4.69) is 46.8 Å². The van der Waals surface area contributed by atoms with E-state index in [0.29, 0.717) is 30.1 Å². The summed E-state index contributed by atoms with van der Waals surface area (Å²) in [7, 11) is 0. The topological polar surface area (TPSA) is 113 Å². The zero-order chi connectivity index (χ0) is 29.2. The molecule has 3 fully saturated rings. The molecule has 0 saturated heterocycles. The summed E-state index contributed by atoms with van der Waals surface area (Å²) < 4.78 is 10.8. The van der Waals surface area contributed by atoms with Crippen LogP contribution in [0.4, 0.5) is 0 Å². The van der Waals surface area contributed by atoms with Crippen LogP contribution in [-0.4, -0.2) is 44.4 Å². The standard InChI is InChI=1S/C32H50O7/c1-19(2)20(3)9-10-21(4)25-11-12-26-24-17-32(37,39-23(6)34)31(36)18-30(35,38-22(5)33)16-15-29(31,8)27(24)13-14-28(25,26)7/h9-10,17,19-21,25-27,35-37H,11-16,18H2,1-8H3/t20-,21+,25+,26-,27-,28+,29+,30+,31+,32-/m0/s1. The molecule has 4 aliphatic rings. The number of hydrogen-bond donors (Lipinski definition) is 3. The van der Waals surface area contributed by atoms with Gasteiger partial charge in [0.15, 0.2) is 0 Å². The highest BCUT2D eigenvalue weighted by Crippen LogP contribution is 2.69. The Hall–Kier alpha value is -1.70. The summed E-state index contributed by atoms with van der Waals surface area (Å²) >= 11 is 0. The van der Waals surface area contributed by atoms with Crippen LogP contribution in [0.3, 0.4) is 0 Å². The Labute approximate surface area is 234 Å². The van der Waals surface area contributed by atoms with Crippen molar-refractivity contribution in [3.63, 3.8) is 0 Å². The zero-order valence-corrected chi connectivity index (χ0v) is 25.1. The molecule has 220 valence electrons. The van der Waals surface area contributed by atoms with E-state index < -0.39 is 40.9 Å². The quantitative estimate of drug-likeness (QED) is 0.236. The van der Waals surface area contributed by atoms with Gasteiger partial charge in [0.2, 0.25) is 5.79 Å². The molecule has 0 spiro atoms. The van der Waals surface area contributed by atoms with Gasteiger partial charge in [-0.25, -0.2) is 0 Å². The molecule has 7 heteroatoms. The molecule has 4 aliphatic carbocycles. The zero-order valence-electron chi connectivity index (χ0n) is 25.1.